The SMILES string of the molecule is CC1CN(c2ccccc2C#N)CCO1. The summed E-state index contributed by atoms with van der Waals surface area (Å²) in [6.07, 6.45) is 0.241. The van der Waals surface area contributed by atoms with Gasteiger partial charge in [-0.25, -0.2) is 0 Å². The van der Waals surface area contributed by atoms with Crippen LogP contribution >= 0.6 is 0 Å². The maximum absolute atomic E-state index is 9.01. The molecule has 1 heterocycles. The summed E-state index contributed by atoms with van der Waals surface area (Å²) in [5, 5.41) is 9.01. The first kappa shape index (κ1) is 10.0. The van der Waals surface area contributed by atoms with Crippen LogP contribution in [0.3, 0.4) is 0 Å². The molecule has 1 fully saturated rings. The fourth-order valence-electron chi connectivity index (χ4n) is 1.88. The van der Waals surface area contributed by atoms with Crippen LogP contribution in [0.15, 0.2) is 24.3 Å². The van der Waals surface area contributed by atoms with Gasteiger partial charge in [-0.15, -0.1) is 0 Å². The average molecular weight is 202 g/mol. The molecule has 2 rings (SSSR count). The minimum absolute atomic E-state index is 0.241. The number of rotatable bonds is 1. The van der Waals surface area contributed by atoms with Gasteiger partial charge in [0.2, 0.25) is 0 Å². The van der Waals surface area contributed by atoms with E-state index in [0.29, 0.717) is 0 Å². The first-order valence-electron chi connectivity index (χ1n) is 5.17. The van der Waals surface area contributed by atoms with E-state index < -0.39 is 0 Å². The van der Waals surface area contributed by atoms with Crippen molar-refractivity contribution in [3.05, 3.63) is 29.8 Å². The molecule has 1 aromatic carbocycles. The van der Waals surface area contributed by atoms with E-state index in [1.54, 1.807) is 0 Å². The monoisotopic (exact) mass is 202 g/mol. The van der Waals surface area contributed by atoms with Crippen LogP contribution in [-0.2, 0) is 4.74 Å². The van der Waals surface area contributed by atoms with Crippen molar-refractivity contribution in [2.45, 2.75) is 13.0 Å². The second-order valence-corrected chi connectivity index (χ2v) is 3.76. The largest absolute Gasteiger partial charge is 0.375 e. The minimum atomic E-state index is 0.241. The molecule has 15 heavy (non-hydrogen) atoms. The number of hydrogen-bond acceptors (Lipinski definition) is 3. The van der Waals surface area contributed by atoms with Crippen molar-refractivity contribution in [2.75, 3.05) is 24.6 Å². The first-order chi connectivity index (χ1) is 7.31. The maximum atomic E-state index is 9.01. The Hall–Kier alpha value is -1.53. The summed E-state index contributed by atoms with van der Waals surface area (Å²) >= 11 is 0. The van der Waals surface area contributed by atoms with Gasteiger partial charge in [-0.3, -0.25) is 0 Å². The molecule has 0 bridgehead atoms. The van der Waals surface area contributed by atoms with Crippen molar-refractivity contribution in [3.8, 4) is 6.07 Å². The number of hydrogen-bond donors (Lipinski definition) is 0. The molecule has 0 aliphatic carbocycles. The Morgan fingerprint density at radius 3 is 3.00 bits per heavy atom. The maximum Gasteiger partial charge on any atom is 0.101 e. The normalized spacial score (nSPS) is 21.1. The lowest BCUT2D eigenvalue weighted by Crippen LogP contribution is -2.41. The van der Waals surface area contributed by atoms with Crippen LogP contribution in [0.25, 0.3) is 0 Å². The van der Waals surface area contributed by atoms with Crippen molar-refractivity contribution in [1.29, 1.82) is 5.26 Å². The van der Waals surface area contributed by atoms with Crippen molar-refractivity contribution in [2.24, 2.45) is 0 Å². The van der Waals surface area contributed by atoms with Gasteiger partial charge in [0.25, 0.3) is 0 Å². The first-order valence-corrected chi connectivity index (χ1v) is 5.17. The molecule has 3 heteroatoms. The predicted molar refractivity (Wildman–Crippen MR) is 58.8 cm³/mol. The van der Waals surface area contributed by atoms with Crippen LogP contribution in [0, 0.1) is 11.3 Å². The van der Waals surface area contributed by atoms with E-state index in [-0.39, 0.29) is 6.10 Å². The standard InChI is InChI=1S/C12H14N2O/c1-10-9-14(6-7-15-10)12-5-3-2-4-11(12)8-13/h2-5,10H,6-7,9H2,1H3. The lowest BCUT2D eigenvalue weighted by Gasteiger charge is -2.33. The summed E-state index contributed by atoms with van der Waals surface area (Å²) in [7, 11) is 0. The highest BCUT2D eigenvalue weighted by molar-refractivity contribution is 5.59. The van der Waals surface area contributed by atoms with Gasteiger partial charge < -0.3 is 9.64 Å². The van der Waals surface area contributed by atoms with Crippen molar-refractivity contribution in [3.63, 3.8) is 0 Å². The molecule has 0 N–H and O–H groups in total. The van der Waals surface area contributed by atoms with Gasteiger partial charge >= 0.3 is 0 Å². The molecular weight excluding hydrogens is 188 g/mol. The van der Waals surface area contributed by atoms with Crippen LogP contribution in [0.5, 0.6) is 0 Å². The number of benzene rings is 1. The van der Waals surface area contributed by atoms with Crippen molar-refractivity contribution >= 4 is 5.69 Å². The van der Waals surface area contributed by atoms with Gasteiger partial charge in [-0.1, -0.05) is 12.1 Å². The fourth-order valence-corrected chi connectivity index (χ4v) is 1.88. The summed E-state index contributed by atoms with van der Waals surface area (Å²) in [5.41, 5.74) is 1.77. The Morgan fingerprint density at radius 1 is 1.47 bits per heavy atom. The lowest BCUT2D eigenvalue weighted by molar-refractivity contribution is 0.0532. The summed E-state index contributed by atoms with van der Waals surface area (Å²) in [6.45, 7) is 4.52. The van der Waals surface area contributed by atoms with Crippen LogP contribution in [-0.4, -0.2) is 25.8 Å². The molecule has 3 nitrogen and oxygen atoms in total. The topological polar surface area (TPSA) is 36.3 Å². The molecule has 1 aliphatic heterocycles. The third-order valence-electron chi connectivity index (χ3n) is 2.61. The molecule has 1 aliphatic rings. The van der Waals surface area contributed by atoms with Gasteiger partial charge in [0.05, 0.1) is 24.0 Å². The van der Waals surface area contributed by atoms with Gasteiger partial charge in [-0.05, 0) is 19.1 Å². The molecule has 1 atom stereocenters. The van der Waals surface area contributed by atoms with E-state index in [0.717, 1.165) is 30.9 Å². The molecule has 0 aromatic heterocycles. The average Bonchev–Trinajstić information content (AvgIpc) is 2.29. The van der Waals surface area contributed by atoms with Crippen LogP contribution in [0.2, 0.25) is 0 Å². The molecule has 1 saturated heterocycles. The Bertz CT molecular complexity index is 383. The van der Waals surface area contributed by atoms with E-state index in [1.165, 1.54) is 0 Å². The molecule has 0 radical (unpaired) electrons. The van der Waals surface area contributed by atoms with E-state index in [4.69, 9.17) is 10.00 Å². The third-order valence-corrected chi connectivity index (χ3v) is 2.61. The summed E-state index contributed by atoms with van der Waals surface area (Å²) in [6, 6.07) is 9.94. The van der Waals surface area contributed by atoms with E-state index >= 15 is 0 Å². The number of anilines is 1. The van der Waals surface area contributed by atoms with E-state index in [9.17, 15) is 0 Å². The summed E-state index contributed by atoms with van der Waals surface area (Å²) < 4.78 is 5.48. The summed E-state index contributed by atoms with van der Waals surface area (Å²) in [4.78, 5) is 2.22. The zero-order valence-electron chi connectivity index (χ0n) is 8.81. The number of nitriles is 1. The zero-order valence-corrected chi connectivity index (χ0v) is 8.81. The lowest BCUT2D eigenvalue weighted by atomic mass is 10.1. The van der Waals surface area contributed by atoms with Crippen molar-refractivity contribution in [1.82, 2.24) is 0 Å². The number of para-hydroxylation sites is 1. The Labute approximate surface area is 89.9 Å². The number of nitrogens with zero attached hydrogens (tertiary/aromatic N) is 2. The smallest absolute Gasteiger partial charge is 0.101 e. The van der Waals surface area contributed by atoms with E-state index in [1.807, 2.05) is 24.3 Å². The highest BCUT2D eigenvalue weighted by Crippen LogP contribution is 2.21. The van der Waals surface area contributed by atoms with Crippen LogP contribution in [0.1, 0.15) is 12.5 Å². The summed E-state index contributed by atoms with van der Waals surface area (Å²) in [5.74, 6) is 0. The Morgan fingerprint density at radius 2 is 2.27 bits per heavy atom. The molecular formula is C12H14N2O. The fraction of sp³-hybridized carbons (Fsp3) is 0.417. The number of ether oxygens (including phenoxy) is 1. The van der Waals surface area contributed by atoms with Gasteiger partial charge in [0, 0.05) is 13.1 Å². The molecule has 0 amide bonds. The Kier molecular flexibility index (Phi) is 2.89. The van der Waals surface area contributed by atoms with E-state index in [2.05, 4.69) is 17.9 Å². The highest BCUT2D eigenvalue weighted by Gasteiger charge is 2.18. The third kappa shape index (κ3) is 2.11. The molecule has 0 saturated carbocycles. The second-order valence-electron chi connectivity index (χ2n) is 3.76. The predicted octanol–water partition coefficient (Wildman–Crippen LogP) is 1.78. The minimum Gasteiger partial charge on any atom is -0.375 e. The molecule has 0 spiro atoms. The molecule has 1 unspecified atom stereocenters. The van der Waals surface area contributed by atoms with Crippen molar-refractivity contribution < 1.29 is 4.74 Å². The van der Waals surface area contributed by atoms with Crippen LogP contribution < -0.4 is 4.90 Å². The highest BCUT2D eigenvalue weighted by atomic mass is 16.5. The number of morpholine rings is 1. The second kappa shape index (κ2) is 4.33. The van der Waals surface area contributed by atoms with Crippen LogP contribution in [0.4, 0.5) is 5.69 Å². The quantitative estimate of drug-likeness (QED) is 0.696. The van der Waals surface area contributed by atoms with Gasteiger partial charge in [0.15, 0.2) is 0 Å². The molecule has 78 valence electrons. The van der Waals surface area contributed by atoms with Gasteiger partial charge in [0.1, 0.15) is 6.07 Å². The van der Waals surface area contributed by atoms with Gasteiger partial charge in [-0.2, -0.15) is 5.26 Å². The Balaban J connectivity index is 2.25. The molecule has 1 aromatic rings. The zero-order chi connectivity index (χ0) is 10.7.